The average molecular weight is 369 g/mol. The van der Waals surface area contributed by atoms with Gasteiger partial charge in [0.2, 0.25) is 0 Å². The quantitative estimate of drug-likeness (QED) is 0.511. The zero-order chi connectivity index (χ0) is 19.1. The number of amides is 1. The van der Waals surface area contributed by atoms with Gasteiger partial charge in [-0.2, -0.15) is 0 Å². The summed E-state index contributed by atoms with van der Waals surface area (Å²) in [5, 5.41) is 0. The molecule has 0 saturated carbocycles. The van der Waals surface area contributed by atoms with Gasteiger partial charge in [-0.25, -0.2) is 0 Å². The standard InChI is InChI=1S/C24H36N2O/c1-3-20-9-6-16-26(19-20)24(27)23-12-10-21(11-13-23)7-4-5-8-22-14-17-25(2)18-15-22/h3,10-13,20,22H,1,4-9,14-19H2,2H3. The van der Waals surface area contributed by atoms with Crippen LogP contribution in [0.1, 0.15) is 60.9 Å². The van der Waals surface area contributed by atoms with E-state index in [1.165, 1.54) is 50.8 Å². The first kappa shape index (κ1) is 20.1. The van der Waals surface area contributed by atoms with Gasteiger partial charge < -0.3 is 9.80 Å². The molecule has 3 rings (SSSR count). The van der Waals surface area contributed by atoms with Crippen LogP contribution < -0.4 is 0 Å². The molecular formula is C24H36N2O. The summed E-state index contributed by atoms with van der Waals surface area (Å²) >= 11 is 0. The molecule has 27 heavy (non-hydrogen) atoms. The third-order valence-electron chi connectivity index (χ3n) is 6.45. The number of nitrogens with zero attached hydrogens (tertiary/aromatic N) is 2. The normalized spacial score (nSPS) is 22.0. The zero-order valence-corrected chi connectivity index (χ0v) is 17.0. The highest BCUT2D eigenvalue weighted by atomic mass is 16.2. The zero-order valence-electron chi connectivity index (χ0n) is 17.0. The van der Waals surface area contributed by atoms with Crippen LogP contribution >= 0.6 is 0 Å². The molecule has 3 heteroatoms. The van der Waals surface area contributed by atoms with E-state index >= 15 is 0 Å². The van der Waals surface area contributed by atoms with E-state index in [0.717, 1.165) is 43.8 Å². The van der Waals surface area contributed by atoms with E-state index in [4.69, 9.17) is 0 Å². The van der Waals surface area contributed by atoms with Gasteiger partial charge in [-0.05, 0) is 88.2 Å². The Labute approximate surface area is 165 Å². The number of carbonyl (C=O) groups excluding carboxylic acids is 1. The molecule has 0 bridgehead atoms. The van der Waals surface area contributed by atoms with E-state index in [1.807, 2.05) is 23.1 Å². The minimum Gasteiger partial charge on any atom is -0.338 e. The largest absolute Gasteiger partial charge is 0.338 e. The van der Waals surface area contributed by atoms with Crippen molar-refractivity contribution in [2.24, 2.45) is 11.8 Å². The van der Waals surface area contributed by atoms with Crippen LogP contribution in [-0.2, 0) is 6.42 Å². The SMILES string of the molecule is C=CC1CCCN(C(=O)c2ccc(CCCCC3CCN(C)CC3)cc2)C1. The van der Waals surface area contributed by atoms with Crippen LogP contribution in [0.4, 0.5) is 0 Å². The minimum absolute atomic E-state index is 0.176. The third kappa shape index (κ3) is 5.93. The number of piperidine rings is 2. The predicted octanol–water partition coefficient (Wildman–Crippen LogP) is 4.78. The molecule has 0 radical (unpaired) electrons. The molecule has 2 aliphatic rings. The topological polar surface area (TPSA) is 23.6 Å². The summed E-state index contributed by atoms with van der Waals surface area (Å²) in [5.74, 6) is 1.56. The van der Waals surface area contributed by atoms with Gasteiger partial charge in [0, 0.05) is 18.7 Å². The van der Waals surface area contributed by atoms with Gasteiger partial charge >= 0.3 is 0 Å². The number of hydrogen-bond acceptors (Lipinski definition) is 2. The summed E-state index contributed by atoms with van der Waals surface area (Å²) < 4.78 is 0. The molecule has 2 aliphatic heterocycles. The highest BCUT2D eigenvalue weighted by Gasteiger charge is 2.22. The van der Waals surface area contributed by atoms with Gasteiger partial charge in [0.25, 0.3) is 5.91 Å². The Hall–Kier alpha value is -1.61. The predicted molar refractivity (Wildman–Crippen MR) is 113 cm³/mol. The first-order valence-corrected chi connectivity index (χ1v) is 10.8. The Balaban J connectivity index is 1.40. The highest BCUT2D eigenvalue weighted by molar-refractivity contribution is 5.94. The van der Waals surface area contributed by atoms with E-state index < -0.39 is 0 Å². The van der Waals surface area contributed by atoms with Gasteiger partial charge in [0.05, 0.1) is 0 Å². The van der Waals surface area contributed by atoms with Crippen LogP contribution in [0.25, 0.3) is 0 Å². The van der Waals surface area contributed by atoms with Crippen molar-refractivity contribution in [1.82, 2.24) is 9.80 Å². The third-order valence-corrected chi connectivity index (χ3v) is 6.45. The Morgan fingerprint density at radius 3 is 2.56 bits per heavy atom. The molecule has 1 amide bonds. The lowest BCUT2D eigenvalue weighted by Gasteiger charge is -2.31. The highest BCUT2D eigenvalue weighted by Crippen LogP contribution is 2.23. The van der Waals surface area contributed by atoms with Gasteiger partial charge in [-0.1, -0.05) is 31.1 Å². The summed E-state index contributed by atoms with van der Waals surface area (Å²) in [6, 6.07) is 8.34. The van der Waals surface area contributed by atoms with Crippen LogP contribution in [0.5, 0.6) is 0 Å². The molecule has 0 aromatic heterocycles. The van der Waals surface area contributed by atoms with Crippen molar-refractivity contribution in [2.75, 3.05) is 33.2 Å². The summed E-state index contributed by atoms with van der Waals surface area (Å²) in [6.45, 7) is 8.13. The fraction of sp³-hybridized carbons (Fsp3) is 0.625. The van der Waals surface area contributed by atoms with Crippen molar-refractivity contribution in [2.45, 2.75) is 51.4 Å². The van der Waals surface area contributed by atoms with Crippen LogP contribution in [0.3, 0.4) is 0 Å². The number of likely N-dealkylation sites (tertiary alicyclic amines) is 2. The fourth-order valence-corrected chi connectivity index (χ4v) is 4.50. The lowest BCUT2D eigenvalue weighted by atomic mass is 9.91. The van der Waals surface area contributed by atoms with E-state index in [-0.39, 0.29) is 5.91 Å². The van der Waals surface area contributed by atoms with Gasteiger partial charge in [-0.15, -0.1) is 6.58 Å². The van der Waals surface area contributed by atoms with Gasteiger partial charge in [0.1, 0.15) is 0 Å². The number of aryl methyl sites for hydroxylation is 1. The van der Waals surface area contributed by atoms with Crippen molar-refractivity contribution in [3.05, 3.63) is 48.0 Å². The Morgan fingerprint density at radius 2 is 1.85 bits per heavy atom. The molecule has 0 aliphatic carbocycles. The van der Waals surface area contributed by atoms with Crippen LogP contribution in [0.15, 0.2) is 36.9 Å². The van der Waals surface area contributed by atoms with Crippen LogP contribution in [0.2, 0.25) is 0 Å². The number of carbonyl (C=O) groups is 1. The molecular weight excluding hydrogens is 332 g/mol. The second-order valence-corrected chi connectivity index (χ2v) is 8.58. The van der Waals surface area contributed by atoms with Crippen molar-refractivity contribution in [3.63, 3.8) is 0 Å². The molecule has 2 saturated heterocycles. The Kier molecular flexibility index (Phi) is 7.51. The van der Waals surface area contributed by atoms with Crippen LogP contribution in [-0.4, -0.2) is 48.9 Å². The van der Waals surface area contributed by atoms with E-state index in [1.54, 1.807) is 0 Å². The minimum atomic E-state index is 0.176. The maximum atomic E-state index is 12.7. The van der Waals surface area contributed by atoms with Gasteiger partial charge in [-0.3, -0.25) is 4.79 Å². The maximum absolute atomic E-state index is 12.7. The van der Waals surface area contributed by atoms with E-state index in [2.05, 4.69) is 30.7 Å². The van der Waals surface area contributed by atoms with Crippen molar-refractivity contribution in [3.8, 4) is 0 Å². The van der Waals surface area contributed by atoms with E-state index in [0.29, 0.717) is 5.92 Å². The number of hydrogen-bond donors (Lipinski definition) is 0. The molecule has 1 aromatic carbocycles. The lowest BCUT2D eigenvalue weighted by Crippen LogP contribution is -2.39. The molecule has 0 N–H and O–H groups in total. The van der Waals surface area contributed by atoms with Crippen molar-refractivity contribution < 1.29 is 4.79 Å². The number of rotatable bonds is 7. The molecule has 3 nitrogen and oxygen atoms in total. The Morgan fingerprint density at radius 1 is 1.11 bits per heavy atom. The molecule has 1 atom stereocenters. The summed E-state index contributed by atoms with van der Waals surface area (Å²) in [4.78, 5) is 17.2. The van der Waals surface area contributed by atoms with Crippen LogP contribution in [0, 0.1) is 11.8 Å². The second-order valence-electron chi connectivity index (χ2n) is 8.58. The first-order chi connectivity index (χ1) is 13.2. The fourth-order valence-electron chi connectivity index (χ4n) is 4.50. The second kappa shape index (κ2) is 10.1. The molecule has 1 unspecified atom stereocenters. The first-order valence-electron chi connectivity index (χ1n) is 10.8. The van der Waals surface area contributed by atoms with Gasteiger partial charge in [0.15, 0.2) is 0 Å². The Bertz CT molecular complexity index is 601. The maximum Gasteiger partial charge on any atom is 0.253 e. The lowest BCUT2D eigenvalue weighted by molar-refractivity contribution is 0.0696. The molecule has 2 fully saturated rings. The summed E-state index contributed by atoms with van der Waals surface area (Å²) in [7, 11) is 2.23. The van der Waals surface area contributed by atoms with Crippen molar-refractivity contribution >= 4 is 5.91 Å². The molecule has 0 spiro atoms. The number of unbranched alkanes of at least 4 members (excludes halogenated alkanes) is 1. The molecule has 148 valence electrons. The summed E-state index contributed by atoms with van der Waals surface area (Å²) in [6.07, 6.45) is 12.1. The summed E-state index contributed by atoms with van der Waals surface area (Å²) in [5.41, 5.74) is 2.19. The smallest absolute Gasteiger partial charge is 0.253 e. The monoisotopic (exact) mass is 368 g/mol. The average Bonchev–Trinajstić information content (AvgIpc) is 2.72. The van der Waals surface area contributed by atoms with Crippen molar-refractivity contribution in [1.29, 1.82) is 0 Å². The molecule has 2 heterocycles. The number of benzene rings is 1. The van der Waals surface area contributed by atoms with E-state index in [9.17, 15) is 4.79 Å². The molecule has 1 aromatic rings.